The van der Waals surface area contributed by atoms with E-state index in [0.29, 0.717) is 23.8 Å². The third kappa shape index (κ3) is 6.61. The predicted octanol–water partition coefficient (Wildman–Crippen LogP) is 2.57. The summed E-state index contributed by atoms with van der Waals surface area (Å²) >= 11 is 0. The standard InChI is InChI=1S/C17H26N2O2/c1-13(17(2,3)4)10-19-11-15(20)12-21-16-7-5-14(9-18)6-8-16/h5-8,13,15,19-20H,10-12H2,1-4H3. The SMILES string of the molecule is CC(CNCC(O)COc1ccc(C#N)cc1)C(C)(C)C. The Morgan fingerprint density at radius 1 is 1.24 bits per heavy atom. The largest absolute Gasteiger partial charge is 0.491 e. The first-order valence-corrected chi connectivity index (χ1v) is 7.34. The number of aliphatic hydroxyl groups is 1. The number of aliphatic hydroxyl groups excluding tert-OH is 1. The summed E-state index contributed by atoms with van der Waals surface area (Å²) in [5, 5.41) is 21.9. The van der Waals surface area contributed by atoms with E-state index in [1.54, 1.807) is 24.3 Å². The van der Waals surface area contributed by atoms with Crippen molar-refractivity contribution in [3.63, 3.8) is 0 Å². The first-order valence-electron chi connectivity index (χ1n) is 7.34. The molecule has 21 heavy (non-hydrogen) atoms. The van der Waals surface area contributed by atoms with Crippen LogP contribution in [0.1, 0.15) is 33.3 Å². The molecule has 1 aromatic carbocycles. The highest BCUT2D eigenvalue weighted by molar-refractivity contribution is 5.34. The van der Waals surface area contributed by atoms with Crippen molar-refractivity contribution in [1.29, 1.82) is 5.26 Å². The molecule has 1 aromatic rings. The van der Waals surface area contributed by atoms with Gasteiger partial charge in [-0.3, -0.25) is 0 Å². The van der Waals surface area contributed by atoms with Gasteiger partial charge in [0.1, 0.15) is 18.5 Å². The molecule has 0 heterocycles. The Morgan fingerprint density at radius 3 is 2.38 bits per heavy atom. The maximum Gasteiger partial charge on any atom is 0.119 e. The highest BCUT2D eigenvalue weighted by Gasteiger charge is 2.19. The molecule has 1 rings (SSSR count). The van der Waals surface area contributed by atoms with Crippen LogP contribution < -0.4 is 10.1 Å². The number of ether oxygens (including phenoxy) is 1. The topological polar surface area (TPSA) is 65.3 Å². The second-order valence-corrected chi connectivity index (χ2v) is 6.53. The Hall–Kier alpha value is -1.57. The molecule has 0 amide bonds. The lowest BCUT2D eigenvalue weighted by Crippen LogP contribution is -2.36. The molecule has 0 bridgehead atoms. The minimum absolute atomic E-state index is 0.239. The Kier molecular flexibility index (Phi) is 6.67. The van der Waals surface area contributed by atoms with Gasteiger partial charge in [0.05, 0.1) is 11.6 Å². The van der Waals surface area contributed by atoms with Crippen LogP contribution in [-0.2, 0) is 0 Å². The summed E-state index contributed by atoms with van der Waals surface area (Å²) in [5.41, 5.74) is 0.859. The summed E-state index contributed by atoms with van der Waals surface area (Å²) in [4.78, 5) is 0. The summed E-state index contributed by atoms with van der Waals surface area (Å²) in [7, 11) is 0. The van der Waals surface area contributed by atoms with E-state index in [9.17, 15) is 5.11 Å². The molecule has 0 aliphatic rings. The number of nitrogens with zero attached hydrogens (tertiary/aromatic N) is 1. The van der Waals surface area contributed by atoms with Gasteiger partial charge in [-0.05, 0) is 42.1 Å². The molecule has 0 fully saturated rings. The van der Waals surface area contributed by atoms with Crippen LogP contribution in [0.4, 0.5) is 0 Å². The van der Waals surface area contributed by atoms with Gasteiger partial charge in [-0.1, -0.05) is 27.7 Å². The van der Waals surface area contributed by atoms with E-state index in [1.165, 1.54) is 0 Å². The minimum Gasteiger partial charge on any atom is -0.491 e. The van der Waals surface area contributed by atoms with Crippen molar-refractivity contribution in [2.75, 3.05) is 19.7 Å². The fourth-order valence-electron chi connectivity index (χ4n) is 1.65. The molecule has 0 aliphatic carbocycles. The van der Waals surface area contributed by atoms with Crippen LogP contribution in [0, 0.1) is 22.7 Å². The quantitative estimate of drug-likeness (QED) is 0.810. The highest BCUT2D eigenvalue weighted by Crippen LogP contribution is 2.24. The van der Waals surface area contributed by atoms with Gasteiger partial charge in [0, 0.05) is 6.54 Å². The van der Waals surface area contributed by atoms with Crippen LogP contribution in [0.2, 0.25) is 0 Å². The van der Waals surface area contributed by atoms with Crippen molar-refractivity contribution in [1.82, 2.24) is 5.32 Å². The van der Waals surface area contributed by atoms with Gasteiger partial charge in [0.2, 0.25) is 0 Å². The maximum atomic E-state index is 9.89. The second-order valence-electron chi connectivity index (χ2n) is 6.53. The van der Waals surface area contributed by atoms with Gasteiger partial charge in [-0.25, -0.2) is 0 Å². The van der Waals surface area contributed by atoms with E-state index >= 15 is 0 Å². The fourth-order valence-corrected chi connectivity index (χ4v) is 1.65. The number of rotatable bonds is 7. The van der Waals surface area contributed by atoms with E-state index in [-0.39, 0.29) is 12.0 Å². The minimum atomic E-state index is -0.548. The first-order chi connectivity index (χ1) is 9.82. The Labute approximate surface area is 127 Å². The molecule has 2 atom stereocenters. The molecule has 4 nitrogen and oxygen atoms in total. The van der Waals surface area contributed by atoms with Crippen molar-refractivity contribution in [2.45, 2.75) is 33.8 Å². The smallest absolute Gasteiger partial charge is 0.119 e. The lowest BCUT2D eigenvalue weighted by atomic mass is 9.82. The van der Waals surface area contributed by atoms with Gasteiger partial charge >= 0.3 is 0 Å². The monoisotopic (exact) mass is 290 g/mol. The van der Waals surface area contributed by atoms with Crippen LogP contribution in [-0.4, -0.2) is 30.9 Å². The van der Waals surface area contributed by atoms with Crippen LogP contribution in [0.5, 0.6) is 5.75 Å². The molecular formula is C17H26N2O2. The number of nitriles is 1. The molecule has 2 unspecified atom stereocenters. The van der Waals surface area contributed by atoms with Crippen LogP contribution >= 0.6 is 0 Å². The van der Waals surface area contributed by atoms with Gasteiger partial charge in [0.15, 0.2) is 0 Å². The molecule has 2 N–H and O–H groups in total. The Bertz CT molecular complexity index is 457. The van der Waals surface area contributed by atoms with Gasteiger partial charge in [-0.15, -0.1) is 0 Å². The zero-order valence-corrected chi connectivity index (χ0v) is 13.4. The lowest BCUT2D eigenvalue weighted by Gasteiger charge is -2.27. The van der Waals surface area contributed by atoms with Crippen molar-refractivity contribution in [3.8, 4) is 11.8 Å². The molecule has 0 radical (unpaired) electrons. The number of nitrogens with one attached hydrogen (secondary N) is 1. The molecular weight excluding hydrogens is 264 g/mol. The third-order valence-corrected chi connectivity index (χ3v) is 3.73. The van der Waals surface area contributed by atoms with E-state index in [4.69, 9.17) is 10.00 Å². The van der Waals surface area contributed by atoms with Crippen molar-refractivity contribution in [3.05, 3.63) is 29.8 Å². The van der Waals surface area contributed by atoms with Crippen molar-refractivity contribution in [2.24, 2.45) is 11.3 Å². The van der Waals surface area contributed by atoms with Crippen LogP contribution in [0.25, 0.3) is 0 Å². The summed E-state index contributed by atoms with van der Waals surface area (Å²) in [6.07, 6.45) is -0.548. The zero-order chi connectivity index (χ0) is 15.9. The second kappa shape index (κ2) is 8.02. The number of hydrogen-bond acceptors (Lipinski definition) is 4. The molecule has 0 saturated carbocycles. The van der Waals surface area contributed by atoms with Crippen LogP contribution in [0.3, 0.4) is 0 Å². The molecule has 0 spiro atoms. The number of hydrogen-bond donors (Lipinski definition) is 2. The van der Waals surface area contributed by atoms with Gasteiger partial charge < -0.3 is 15.2 Å². The summed E-state index contributed by atoms with van der Waals surface area (Å²) in [5.74, 6) is 1.19. The molecule has 0 saturated heterocycles. The fraction of sp³-hybridized carbons (Fsp3) is 0.588. The van der Waals surface area contributed by atoms with Crippen molar-refractivity contribution < 1.29 is 9.84 Å². The average molecular weight is 290 g/mol. The van der Waals surface area contributed by atoms with Crippen LogP contribution in [0.15, 0.2) is 24.3 Å². The summed E-state index contributed by atoms with van der Waals surface area (Å²) in [6, 6.07) is 8.93. The summed E-state index contributed by atoms with van der Waals surface area (Å²) in [6.45, 7) is 10.5. The van der Waals surface area contributed by atoms with E-state index in [0.717, 1.165) is 6.54 Å². The lowest BCUT2D eigenvalue weighted by molar-refractivity contribution is 0.103. The molecule has 0 aromatic heterocycles. The average Bonchev–Trinajstić information content (AvgIpc) is 2.44. The zero-order valence-electron chi connectivity index (χ0n) is 13.4. The van der Waals surface area contributed by atoms with Crippen molar-refractivity contribution >= 4 is 0 Å². The first kappa shape index (κ1) is 17.5. The van der Waals surface area contributed by atoms with E-state index < -0.39 is 6.10 Å². The highest BCUT2D eigenvalue weighted by atomic mass is 16.5. The molecule has 0 aliphatic heterocycles. The predicted molar refractivity (Wildman–Crippen MR) is 84.1 cm³/mol. The normalized spacial score (nSPS) is 14.3. The van der Waals surface area contributed by atoms with Gasteiger partial charge in [0.25, 0.3) is 0 Å². The Balaban J connectivity index is 2.25. The van der Waals surface area contributed by atoms with E-state index in [2.05, 4.69) is 39.1 Å². The van der Waals surface area contributed by atoms with E-state index in [1.807, 2.05) is 0 Å². The third-order valence-electron chi connectivity index (χ3n) is 3.73. The number of benzene rings is 1. The molecule has 4 heteroatoms. The van der Waals surface area contributed by atoms with Gasteiger partial charge in [-0.2, -0.15) is 5.26 Å². The maximum absolute atomic E-state index is 9.89. The molecule has 116 valence electrons. The Morgan fingerprint density at radius 2 is 1.86 bits per heavy atom. The summed E-state index contributed by atoms with van der Waals surface area (Å²) < 4.78 is 5.49.